The van der Waals surface area contributed by atoms with Gasteiger partial charge in [0.05, 0.1) is 20.8 Å². The third kappa shape index (κ3) is 5.02. The number of carbonyl (C=O) groups excluding carboxylic acids is 1. The summed E-state index contributed by atoms with van der Waals surface area (Å²) in [4.78, 5) is 14.4. The summed E-state index contributed by atoms with van der Waals surface area (Å²) in [5.74, 6) is 1.41. The predicted octanol–water partition coefficient (Wildman–Crippen LogP) is 3.97. The minimum Gasteiger partial charge on any atom is -0.493 e. The third-order valence-corrected chi connectivity index (χ3v) is 4.68. The van der Waals surface area contributed by atoms with Crippen LogP contribution in [-0.4, -0.2) is 45.2 Å². The summed E-state index contributed by atoms with van der Waals surface area (Å²) in [5.41, 5.74) is 1.96. The molecule has 0 unspecified atom stereocenters. The normalized spacial score (nSPS) is 10.9. The van der Waals surface area contributed by atoms with Crippen molar-refractivity contribution >= 4 is 22.4 Å². The van der Waals surface area contributed by atoms with Crippen LogP contribution in [-0.2, 0) is 11.2 Å². The summed E-state index contributed by atoms with van der Waals surface area (Å²) >= 11 is 0. The standard InChI is InChI=1S/C23H26N2O3/c1-25(13-12-17-8-11-21(27-2)22(14-17)28-3)16-23(26)24-20-10-9-18-6-4-5-7-19(18)15-20/h4-11,14-15H,12-13,16H2,1-3H3,(H,24,26). The van der Waals surface area contributed by atoms with E-state index in [4.69, 9.17) is 9.47 Å². The molecule has 1 amide bonds. The van der Waals surface area contributed by atoms with Crippen LogP contribution in [0, 0.1) is 0 Å². The predicted molar refractivity (Wildman–Crippen MR) is 113 cm³/mol. The zero-order chi connectivity index (χ0) is 19.9. The minimum absolute atomic E-state index is 0.0231. The van der Waals surface area contributed by atoms with Crippen LogP contribution < -0.4 is 14.8 Å². The summed E-state index contributed by atoms with van der Waals surface area (Å²) in [6.07, 6.45) is 0.820. The number of fused-ring (bicyclic) bond motifs is 1. The van der Waals surface area contributed by atoms with E-state index in [1.54, 1.807) is 14.2 Å². The quantitative estimate of drug-likeness (QED) is 0.644. The second-order valence-electron chi connectivity index (χ2n) is 6.79. The zero-order valence-electron chi connectivity index (χ0n) is 16.6. The van der Waals surface area contributed by atoms with Gasteiger partial charge in [0.15, 0.2) is 11.5 Å². The molecule has 0 aliphatic heterocycles. The lowest BCUT2D eigenvalue weighted by Gasteiger charge is -2.17. The first-order chi connectivity index (χ1) is 13.6. The number of carbonyl (C=O) groups is 1. The number of hydrogen-bond acceptors (Lipinski definition) is 4. The molecular weight excluding hydrogens is 352 g/mol. The van der Waals surface area contributed by atoms with Crippen LogP contribution in [0.1, 0.15) is 5.56 Å². The van der Waals surface area contributed by atoms with E-state index in [1.807, 2.05) is 66.5 Å². The molecule has 0 radical (unpaired) electrons. The number of rotatable bonds is 8. The van der Waals surface area contributed by atoms with Crippen LogP contribution in [0.15, 0.2) is 60.7 Å². The van der Waals surface area contributed by atoms with E-state index >= 15 is 0 Å². The van der Waals surface area contributed by atoms with Crippen LogP contribution in [0.2, 0.25) is 0 Å². The molecule has 0 atom stereocenters. The Kier molecular flexibility index (Phi) is 6.50. The van der Waals surface area contributed by atoms with E-state index < -0.39 is 0 Å². The van der Waals surface area contributed by atoms with Crippen molar-refractivity contribution in [3.63, 3.8) is 0 Å². The number of hydrogen-bond donors (Lipinski definition) is 1. The highest BCUT2D eigenvalue weighted by molar-refractivity contribution is 5.95. The van der Waals surface area contributed by atoms with Gasteiger partial charge in [-0.2, -0.15) is 0 Å². The molecular formula is C23H26N2O3. The maximum atomic E-state index is 12.4. The number of nitrogens with one attached hydrogen (secondary N) is 1. The first kappa shape index (κ1) is 19.7. The molecule has 0 fully saturated rings. The molecule has 0 heterocycles. The largest absolute Gasteiger partial charge is 0.493 e. The van der Waals surface area contributed by atoms with Gasteiger partial charge in [-0.15, -0.1) is 0 Å². The molecule has 0 aliphatic carbocycles. The van der Waals surface area contributed by atoms with Gasteiger partial charge in [-0.25, -0.2) is 0 Å². The van der Waals surface area contributed by atoms with E-state index in [0.29, 0.717) is 6.54 Å². The molecule has 5 heteroatoms. The summed E-state index contributed by atoms with van der Waals surface area (Å²) < 4.78 is 10.6. The van der Waals surface area contributed by atoms with Gasteiger partial charge in [-0.3, -0.25) is 9.69 Å². The fraction of sp³-hybridized carbons (Fsp3) is 0.261. The smallest absolute Gasteiger partial charge is 0.238 e. The summed E-state index contributed by atoms with van der Waals surface area (Å²) in [5, 5.41) is 5.25. The monoisotopic (exact) mass is 378 g/mol. The van der Waals surface area contributed by atoms with Crippen molar-refractivity contribution in [3.8, 4) is 11.5 Å². The van der Waals surface area contributed by atoms with E-state index in [1.165, 1.54) is 0 Å². The molecule has 0 spiro atoms. The molecule has 1 N–H and O–H groups in total. The molecule has 5 nitrogen and oxygen atoms in total. The number of amides is 1. The third-order valence-electron chi connectivity index (χ3n) is 4.68. The van der Waals surface area contributed by atoms with Crippen LogP contribution in [0.4, 0.5) is 5.69 Å². The fourth-order valence-electron chi connectivity index (χ4n) is 3.15. The van der Waals surface area contributed by atoms with Crippen molar-refractivity contribution in [3.05, 3.63) is 66.2 Å². The number of nitrogens with zero attached hydrogens (tertiary/aromatic N) is 1. The van der Waals surface area contributed by atoms with Gasteiger partial charge in [0.25, 0.3) is 0 Å². The van der Waals surface area contributed by atoms with E-state index in [9.17, 15) is 4.79 Å². The maximum Gasteiger partial charge on any atom is 0.238 e. The second-order valence-corrected chi connectivity index (χ2v) is 6.79. The highest BCUT2D eigenvalue weighted by atomic mass is 16.5. The number of methoxy groups -OCH3 is 2. The van der Waals surface area contributed by atoms with Crippen molar-refractivity contribution in [2.24, 2.45) is 0 Å². The average molecular weight is 378 g/mol. The van der Waals surface area contributed by atoms with Gasteiger partial charge in [0.2, 0.25) is 5.91 Å². The Balaban J connectivity index is 1.52. The lowest BCUT2D eigenvalue weighted by Crippen LogP contribution is -2.31. The lowest BCUT2D eigenvalue weighted by molar-refractivity contribution is -0.117. The zero-order valence-corrected chi connectivity index (χ0v) is 16.6. The topological polar surface area (TPSA) is 50.8 Å². The Morgan fingerprint density at radius 3 is 2.43 bits per heavy atom. The minimum atomic E-state index is -0.0231. The molecule has 0 saturated heterocycles. The van der Waals surface area contributed by atoms with Gasteiger partial charge in [-0.05, 0) is 54.1 Å². The Bertz CT molecular complexity index is 955. The molecule has 3 aromatic rings. The Morgan fingerprint density at radius 2 is 1.68 bits per heavy atom. The van der Waals surface area contributed by atoms with Crippen molar-refractivity contribution in [2.45, 2.75) is 6.42 Å². The number of anilines is 1. The SMILES string of the molecule is COc1ccc(CCN(C)CC(=O)Nc2ccc3ccccc3c2)cc1OC. The Labute approximate surface area is 165 Å². The molecule has 28 heavy (non-hydrogen) atoms. The molecule has 0 aromatic heterocycles. The summed E-state index contributed by atoms with van der Waals surface area (Å²) in [6, 6.07) is 20.0. The highest BCUT2D eigenvalue weighted by Gasteiger charge is 2.09. The summed E-state index contributed by atoms with van der Waals surface area (Å²) in [6.45, 7) is 1.10. The Hall–Kier alpha value is -3.05. The first-order valence-electron chi connectivity index (χ1n) is 9.27. The second kappa shape index (κ2) is 9.24. The van der Waals surface area contributed by atoms with Gasteiger partial charge >= 0.3 is 0 Å². The lowest BCUT2D eigenvalue weighted by atomic mass is 10.1. The van der Waals surface area contributed by atoms with Gasteiger partial charge < -0.3 is 14.8 Å². The van der Waals surface area contributed by atoms with Crippen molar-refractivity contribution in [1.29, 1.82) is 0 Å². The van der Waals surface area contributed by atoms with Crippen LogP contribution >= 0.6 is 0 Å². The first-order valence-corrected chi connectivity index (χ1v) is 9.27. The molecule has 3 aromatic carbocycles. The molecule has 0 bridgehead atoms. The van der Waals surface area contributed by atoms with Gasteiger partial charge in [0, 0.05) is 12.2 Å². The van der Waals surface area contributed by atoms with Crippen molar-refractivity contribution < 1.29 is 14.3 Å². The number of benzene rings is 3. The fourth-order valence-corrected chi connectivity index (χ4v) is 3.15. The molecule has 3 rings (SSSR count). The van der Waals surface area contributed by atoms with Gasteiger partial charge in [-0.1, -0.05) is 36.4 Å². The maximum absolute atomic E-state index is 12.4. The van der Waals surface area contributed by atoms with E-state index in [-0.39, 0.29) is 5.91 Å². The highest BCUT2D eigenvalue weighted by Crippen LogP contribution is 2.27. The van der Waals surface area contributed by atoms with E-state index in [2.05, 4.69) is 11.4 Å². The molecule has 0 aliphatic rings. The average Bonchev–Trinajstić information content (AvgIpc) is 2.71. The van der Waals surface area contributed by atoms with E-state index in [0.717, 1.165) is 46.5 Å². The van der Waals surface area contributed by atoms with Crippen LogP contribution in [0.5, 0.6) is 11.5 Å². The Morgan fingerprint density at radius 1 is 0.929 bits per heavy atom. The van der Waals surface area contributed by atoms with Crippen LogP contribution in [0.3, 0.4) is 0 Å². The van der Waals surface area contributed by atoms with Gasteiger partial charge in [0.1, 0.15) is 0 Å². The van der Waals surface area contributed by atoms with Crippen molar-refractivity contribution in [1.82, 2.24) is 4.90 Å². The number of ether oxygens (including phenoxy) is 2. The molecule has 0 saturated carbocycles. The van der Waals surface area contributed by atoms with Crippen molar-refractivity contribution in [2.75, 3.05) is 39.7 Å². The van der Waals surface area contributed by atoms with Crippen LogP contribution in [0.25, 0.3) is 10.8 Å². The number of likely N-dealkylation sites (N-methyl/N-ethyl adjacent to an activating group) is 1. The summed E-state index contributed by atoms with van der Waals surface area (Å²) in [7, 11) is 5.20. The molecule has 146 valence electrons.